The molecule has 0 spiro atoms. The lowest BCUT2D eigenvalue weighted by Gasteiger charge is -2.42. The summed E-state index contributed by atoms with van der Waals surface area (Å²) in [5.74, 6) is 0.543. The van der Waals surface area contributed by atoms with E-state index in [0.717, 1.165) is 32.5 Å². The Balaban J connectivity index is 1.52. The summed E-state index contributed by atoms with van der Waals surface area (Å²) < 4.78 is 0. The average Bonchev–Trinajstić information content (AvgIpc) is 2.92. The van der Waals surface area contributed by atoms with E-state index in [-0.39, 0.29) is 5.60 Å². The predicted octanol–water partition coefficient (Wildman–Crippen LogP) is 1.64. The molecule has 0 aromatic heterocycles. The Morgan fingerprint density at radius 3 is 2.47 bits per heavy atom. The van der Waals surface area contributed by atoms with Crippen LogP contribution in [0.25, 0.3) is 0 Å². The van der Waals surface area contributed by atoms with Crippen LogP contribution in [-0.4, -0.2) is 28.7 Å². The highest BCUT2D eigenvalue weighted by molar-refractivity contribution is 5.15. The second kappa shape index (κ2) is 3.32. The molecule has 80 valence electrons. The predicted molar refractivity (Wildman–Crippen MR) is 59.4 cm³/mol. The van der Waals surface area contributed by atoms with Crippen molar-refractivity contribution in [2.75, 3.05) is 13.1 Å². The molecule has 2 heteroatoms. The van der Waals surface area contributed by atoms with Crippen LogP contribution in [0.1, 0.15) is 18.4 Å². The van der Waals surface area contributed by atoms with E-state index < -0.39 is 0 Å². The lowest BCUT2D eigenvalue weighted by atomic mass is 9.91. The largest absolute Gasteiger partial charge is 0.389 e. The van der Waals surface area contributed by atoms with E-state index in [1.165, 1.54) is 5.56 Å². The van der Waals surface area contributed by atoms with Crippen LogP contribution in [0.4, 0.5) is 0 Å². The highest BCUT2D eigenvalue weighted by atomic mass is 16.3. The Morgan fingerprint density at radius 1 is 1.20 bits per heavy atom. The highest BCUT2D eigenvalue weighted by Gasteiger charge is 2.51. The van der Waals surface area contributed by atoms with Crippen molar-refractivity contribution < 1.29 is 5.11 Å². The topological polar surface area (TPSA) is 23.5 Å². The number of rotatable bonds is 3. The van der Waals surface area contributed by atoms with Gasteiger partial charge in [-0.2, -0.15) is 0 Å². The third-order valence-electron chi connectivity index (χ3n) is 3.73. The summed E-state index contributed by atoms with van der Waals surface area (Å²) in [6.07, 6.45) is 2.05. The molecule has 1 aromatic rings. The van der Waals surface area contributed by atoms with Gasteiger partial charge in [-0.3, -0.25) is 4.90 Å². The SMILES string of the molecule is OC1(C2CN(Cc3ccccc3)C2)CC1. The van der Waals surface area contributed by atoms with Gasteiger partial charge in [0.15, 0.2) is 0 Å². The van der Waals surface area contributed by atoms with Gasteiger partial charge in [-0.1, -0.05) is 30.3 Å². The zero-order valence-corrected chi connectivity index (χ0v) is 8.89. The van der Waals surface area contributed by atoms with Crippen molar-refractivity contribution in [3.63, 3.8) is 0 Å². The molecule has 0 bridgehead atoms. The summed E-state index contributed by atoms with van der Waals surface area (Å²) in [7, 11) is 0. The maximum Gasteiger partial charge on any atom is 0.0702 e. The van der Waals surface area contributed by atoms with Gasteiger partial charge in [-0.25, -0.2) is 0 Å². The standard InChI is InChI=1S/C13H17NO/c15-13(6-7-13)12-9-14(10-12)8-11-4-2-1-3-5-11/h1-5,12,15H,6-10H2. The monoisotopic (exact) mass is 203 g/mol. The quantitative estimate of drug-likeness (QED) is 0.807. The van der Waals surface area contributed by atoms with Crippen molar-refractivity contribution in [3.05, 3.63) is 35.9 Å². The first-order valence-electron chi connectivity index (χ1n) is 5.75. The second-order valence-electron chi connectivity index (χ2n) is 4.98. The molecule has 1 aromatic carbocycles. The molecule has 0 unspecified atom stereocenters. The van der Waals surface area contributed by atoms with E-state index >= 15 is 0 Å². The van der Waals surface area contributed by atoms with Gasteiger partial charge in [0.2, 0.25) is 0 Å². The van der Waals surface area contributed by atoms with E-state index in [4.69, 9.17) is 0 Å². The van der Waals surface area contributed by atoms with Crippen LogP contribution in [0.15, 0.2) is 30.3 Å². The van der Waals surface area contributed by atoms with Crippen molar-refractivity contribution in [1.29, 1.82) is 0 Å². The smallest absolute Gasteiger partial charge is 0.0702 e. The van der Waals surface area contributed by atoms with Crippen molar-refractivity contribution in [1.82, 2.24) is 4.90 Å². The summed E-state index contributed by atoms with van der Waals surface area (Å²) in [5.41, 5.74) is 1.10. The summed E-state index contributed by atoms with van der Waals surface area (Å²) in [5, 5.41) is 9.91. The summed E-state index contributed by atoms with van der Waals surface area (Å²) in [6, 6.07) is 10.6. The molecular formula is C13H17NO. The fourth-order valence-electron chi connectivity index (χ4n) is 2.42. The molecule has 1 heterocycles. The normalized spacial score (nSPS) is 24.9. The Morgan fingerprint density at radius 2 is 1.87 bits per heavy atom. The van der Waals surface area contributed by atoms with Gasteiger partial charge in [0.25, 0.3) is 0 Å². The molecule has 0 amide bonds. The number of nitrogens with zero attached hydrogens (tertiary/aromatic N) is 1. The summed E-state index contributed by atoms with van der Waals surface area (Å²) >= 11 is 0. The van der Waals surface area contributed by atoms with E-state index in [9.17, 15) is 5.11 Å². The number of likely N-dealkylation sites (tertiary alicyclic amines) is 1. The zero-order chi connectivity index (χ0) is 10.3. The molecular weight excluding hydrogens is 186 g/mol. The first kappa shape index (κ1) is 9.37. The minimum atomic E-state index is -0.271. The third kappa shape index (κ3) is 1.80. The fourth-order valence-corrected chi connectivity index (χ4v) is 2.42. The molecule has 1 aliphatic carbocycles. The van der Waals surface area contributed by atoms with Crippen LogP contribution < -0.4 is 0 Å². The van der Waals surface area contributed by atoms with Crippen LogP contribution in [0.3, 0.4) is 0 Å². The number of hydrogen-bond donors (Lipinski definition) is 1. The molecule has 15 heavy (non-hydrogen) atoms. The van der Waals surface area contributed by atoms with Gasteiger partial charge in [0.05, 0.1) is 5.60 Å². The van der Waals surface area contributed by atoms with Crippen molar-refractivity contribution in [3.8, 4) is 0 Å². The molecule has 2 fully saturated rings. The lowest BCUT2D eigenvalue weighted by molar-refractivity contribution is -0.0246. The maximum absolute atomic E-state index is 9.91. The van der Waals surface area contributed by atoms with Crippen LogP contribution in [0.5, 0.6) is 0 Å². The summed E-state index contributed by atoms with van der Waals surface area (Å²) in [4.78, 5) is 2.41. The van der Waals surface area contributed by atoms with E-state index in [2.05, 4.69) is 35.2 Å². The maximum atomic E-state index is 9.91. The van der Waals surface area contributed by atoms with Crippen LogP contribution >= 0.6 is 0 Å². The van der Waals surface area contributed by atoms with Crippen LogP contribution in [0, 0.1) is 5.92 Å². The van der Waals surface area contributed by atoms with Gasteiger partial charge in [0.1, 0.15) is 0 Å². The Labute approximate surface area is 90.5 Å². The molecule has 1 saturated heterocycles. The average molecular weight is 203 g/mol. The molecule has 2 nitrogen and oxygen atoms in total. The van der Waals surface area contributed by atoms with E-state index in [1.54, 1.807) is 0 Å². The molecule has 0 radical (unpaired) electrons. The second-order valence-corrected chi connectivity index (χ2v) is 4.98. The van der Waals surface area contributed by atoms with Gasteiger partial charge in [0, 0.05) is 25.6 Å². The Kier molecular flexibility index (Phi) is 2.08. The molecule has 2 aliphatic rings. The van der Waals surface area contributed by atoms with Crippen molar-refractivity contribution >= 4 is 0 Å². The third-order valence-corrected chi connectivity index (χ3v) is 3.73. The first-order valence-corrected chi connectivity index (χ1v) is 5.75. The van der Waals surface area contributed by atoms with Gasteiger partial charge in [-0.05, 0) is 18.4 Å². The highest BCUT2D eigenvalue weighted by Crippen LogP contribution is 2.46. The van der Waals surface area contributed by atoms with E-state index in [1.807, 2.05) is 0 Å². The molecule has 1 N–H and O–H groups in total. The minimum Gasteiger partial charge on any atom is -0.389 e. The van der Waals surface area contributed by atoms with Crippen LogP contribution in [0.2, 0.25) is 0 Å². The van der Waals surface area contributed by atoms with E-state index in [0.29, 0.717) is 5.92 Å². The number of benzene rings is 1. The Bertz CT molecular complexity index is 339. The lowest BCUT2D eigenvalue weighted by Crippen LogP contribution is -2.52. The molecule has 3 rings (SSSR count). The zero-order valence-electron chi connectivity index (χ0n) is 8.89. The summed E-state index contributed by atoms with van der Waals surface area (Å²) in [6.45, 7) is 3.18. The van der Waals surface area contributed by atoms with Gasteiger partial charge < -0.3 is 5.11 Å². The van der Waals surface area contributed by atoms with Crippen molar-refractivity contribution in [2.45, 2.75) is 25.0 Å². The molecule has 0 atom stereocenters. The number of hydrogen-bond acceptors (Lipinski definition) is 2. The van der Waals surface area contributed by atoms with Gasteiger partial charge >= 0.3 is 0 Å². The first-order chi connectivity index (χ1) is 7.26. The van der Waals surface area contributed by atoms with Gasteiger partial charge in [-0.15, -0.1) is 0 Å². The minimum absolute atomic E-state index is 0.271. The van der Waals surface area contributed by atoms with Crippen molar-refractivity contribution in [2.24, 2.45) is 5.92 Å². The molecule has 1 saturated carbocycles. The fraction of sp³-hybridized carbons (Fsp3) is 0.538. The molecule has 1 aliphatic heterocycles. The number of aliphatic hydroxyl groups is 1. The van der Waals surface area contributed by atoms with Crippen LogP contribution in [-0.2, 0) is 6.54 Å². The Hall–Kier alpha value is -0.860.